The van der Waals surface area contributed by atoms with Gasteiger partial charge in [-0.1, -0.05) is 49.3 Å². The third kappa shape index (κ3) is 3.72. The highest BCUT2D eigenvalue weighted by Gasteiger charge is 2.34. The lowest BCUT2D eigenvalue weighted by Crippen LogP contribution is -2.40. The third-order valence-corrected chi connectivity index (χ3v) is 5.76. The van der Waals surface area contributed by atoms with Crippen molar-refractivity contribution in [3.8, 4) is 11.3 Å². The Hall–Kier alpha value is -3.13. The van der Waals surface area contributed by atoms with E-state index >= 15 is 0 Å². The first-order valence-corrected chi connectivity index (χ1v) is 10.8. The van der Waals surface area contributed by atoms with Crippen LogP contribution in [0.15, 0.2) is 39.3 Å². The predicted octanol–water partition coefficient (Wildman–Crippen LogP) is 3.49. The van der Waals surface area contributed by atoms with Gasteiger partial charge < -0.3 is 23.5 Å². The van der Waals surface area contributed by atoms with Gasteiger partial charge in [-0.3, -0.25) is 4.79 Å². The number of carbonyl (C=O) groups excluding carboxylic acids is 1. The fourth-order valence-corrected chi connectivity index (χ4v) is 4.05. The number of oxazole rings is 1. The second kappa shape index (κ2) is 8.19. The molecule has 3 aromatic rings. The Morgan fingerprint density at radius 1 is 1.10 bits per heavy atom. The van der Waals surface area contributed by atoms with Crippen LogP contribution in [0.2, 0.25) is 0 Å². The van der Waals surface area contributed by atoms with Crippen molar-refractivity contribution < 1.29 is 18.5 Å². The first kappa shape index (κ1) is 19.8. The van der Waals surface area contributed by atoms with Crippen LogP contribution in [0.25, 0.3) is 11.3 Å². The number of carbonyl (C=O) groups is 1. The molecule has 1 aromatic carbocycles. The van der Waals surface area contributed by atoms with E-state index in [2.05, 4.69) is 28.9 Å². The summed E-state index contributed by atoms with van der Waals surface area (Å²) in [5, 5.41) is 4.32. The second-order valence-corrected chi connectivity index (χ2v) is 8.23. The van der Waals surface area contributed by atoms with E-state index in [4.69, 9.17) is 13.7 Å². The van der Waals surface area contributed by atoms with Crippen molar-refractivity contribution in [2.75, 3.05) is 37.7 Å². The van der Waals surface area contributed by atoms with Gasteiger partial charge in [0, 0.05) is 37.5 Å². The molecule has 0 spiro atoms. The Bertz CT molecular complexity index is 1070. The second-order valence-electron chi connectivity index (χ2n) is 8.23. The summed E-state index contributed by atoms with van der Waals surface area (Å²) in [6.45, 7) is 7.65. The largest absolute Gasteiger partial charge is 0.445 e. The minimum atomic E-state index is -0.0960. The highest BCUT2D eigenvalue weighted by molar-refractivity contribution is 6.04. The zero-order valence-electron chi connectivity index (χ0n) is 17.8. The van der Waals surface area contributed by atoms with Gasteiger partial charge in [-0.25, -0.2) is 4.98 Å². The number of ether oxygens (including phenoxy) is 1. The molecule has 8 nitrogen and oxygen atoms in total. The SMILES string of the molecule is CC(C)c1nc2c(o1)CCN(C(=O)c1c(N3CCOCC3)noc1-c1ccccc1)C2. The summed E-state index contributed by atoms with van der Waals surface area (Å²) in [4.78, 5) is 22.3. The Labute approximate surface area is 180 Å². The van der Waals surface area contributed by atoms with Gasteiger partial charge >= 0.3 is 0 Å². The molecule has 0 N–H and O–H groups in total. The van der Waals surface area contributed by atoms with Crippen molar-refractivity contribution in [3.63, 3.8) is 0 Å². The maximum absolute atomic E-state index is 13.8. The average molecular weight is 422 g/mol. The smallest absolute Gasteiger partial charge is 0.262 e. The summed E-state index contributed by atoms with van der Waals surface area (Å²) >= 11 is 0. The summed E-state index contributed by atoms with van der Waals surface area (Å²) in [5.41, 5.74) is 2.18. The van der Waals surface area contributed by atoms with Crippen molar-refractivity contribution in [2.45, 2.75) is 32.7 Å². The molecule has 31 heavy (non-hydrogen) atoms. The van der Waals surface area contributed by atoms with Crippen LogP contribution in [-0.4, -0.2) is 53.8 Å². The van der Waals surface area contributed by atoms with Gasteiger partial charge in [-0.2, -0.15) is 0 Å². The first-order valence-electron chi connectivity index (χ1n) is 10.8. The molecule has 8 heteroatoms. The van der Waals surface area contributed by atoms with E-state index in [0.717, 1.165) is 22.9 Å². The van der Waals surface area contributed by atoms with Crippen LogP contribution in [-0.2, 0) is 17.7 Å². The van der Waals surface area contributed by atoms with Crippen LogP contribution >= 0.6 is 0 Å². The lowest BCUT2D eigenvalue weighted by molar-refractivity contribution is 0.0727. The van der Waals surface area contributed by atoms with Crippen molar-refractivity contribution in [3.05, 3.63) is 53.2 Å². The number of rotatable bonds is 4. The molecule has 1 amide bonds. The van der Waals surface area contributed by atoms with E-state index < -0.39 is 0 Å². The molecule has 2 aliphatic heterocycles. The monoisotopic (exact) mass is 422 g/mol. The quantitative estimate of drug-likeness (QED) is 0.636. The summed E-state index contributed by atoms with van der Waals surface area (Å²) in [6.07, 6.45) is 0.652. The molecule has 162 valence electrons. The van der Waals surface area contributed by atoms with E-state index in [1.165, 1.54) is 0 Å². The Balaban J connectivity index is 1.50. The molecule has 0 saturated carbocycles. The fraction of sp³-hybridized carbons (Fsp3) is 0.435. The van der Waals surface area contributed by atoms with Gasteiger partial charge in [0.2, 0.25) is 0 Å². The van der Waals surface area contributed by atoms with Crippen LogP contribution in [0.3, 0.4) is 0 Å². The minimum Gasteiger partial charge on any atom is -0.445 e. The zero-order valence-corrected chi connectivity index (χ0v) is 17.8. The van der Waals surface area contributed by atoms with Gasteiger partial charge in [0.05, 0.1) is 19.8 Å². The molecule has 0 atom stereocenters. The molecule has 4 heterocycles. The Morgan fingerprint density at radius 2 is 1.87 bits per heavy atom. The Morgan fingerprint density at radius 3 is 2.61 bits per heavy atom. The maximum atomic E-state index is 13.8. The van der Waals surface area contributed by atoms with Crippen LogP contribution < -0.4 is 4.90 Å². The summed E-state index contributed by atoms with van der Waals surface area (Å²) in [7, 11) is 0. The fourth-order valence-electron chi connectivity index (χ4n) is 4.05. The summed E-state index contributed by atoms with van der Waals surface area (Å²) in [6, 6.07) is 9.66. The number of nitrogens with zero attached hydrogens (tertiary/aromatic N) is 4. The summed E-state index contributed by atoms with van der Waals surface area (Å²) < 4.78 is 17.1. The van der Waals surface area contributed by atoms with E-state index in [0.29, 0.717) is 63.0 Å². The molecule has 2 aromatic heterocycles. The molecule has 2 aliphatic rings. The van der Waals surface area contributed by atoms with E-state index in [9.17, 15) is 4.79 Å². The minimum absolute atomic E-state index is 0.0960. The Kier molecular flexibility index (Phi) is 5.23. The molecule has 0 bridgehead atoms. The number of benzene rings is 1. The number of hydrogen-bond donors (Lipinski definition) is 0. The van der Waals surface area contributed by atoms with Crippen molar-refractivity contribution in [1.82, 2.24) is 15.0 Å². The highest BCUT2D eigenvalue weighted by Crippen LogP contribution is 2.34. The van der Waals surface area contributed by atoms with E-state index in [1.807, 2.05) is 35.2 Å². The van der Waals surface area contributed by atoms with Crippen LogP contribution in [0.1, 0.15) is 47.5 Å². The summed E-state index contributed by atoms with van der Waals surface area (Å²) in [5.74, 6) is 2.81. The van der Waals surface area contributed by atoms with Gasteiger partial charge in [-0.05, 0) is 0 Å². The average Bonchev–Trinajstić information content (AvgIpc) is 3.44. The first-order chi connectivity index (χ1) is 15.1. The molecule has 0 aliphatic carbocycles. The number of hydrogen-bond acceptors (Lipinski definition) is 7. The normalized spacial score (nSPS) is 16.6. The van der Waals surface area contributed by atoms with Gasteiger partial charge in [0.1, 0.15) is 17.0 Å². The molecular formula is C23H26N4O4. The van der Waals surface area contributed by atoms with E-state index in [-0.39, 0.29) is 11.8 Å². The number of amides is 1. The lowest BCUT2D eigenvalue weighted by Gasteiger charge is -2.29. The number of fused-ring (bicyclic) bond motifs is 1. The lowest BCUT2D eigenvalue weighted by atomic mass is 10.1. The zero-order chi connectivity index (χ0) is 21.4. The standard InChI is InChI=1S/C23H26N4O4/c1-15(2)22-24-17-14-27(9-8-18(17)30-22)23(28)19-20(16-6-4-3-5-7-16)31-25-21(19)26-10-12-29-13-11-26/h3-7,15H,8-14H2,1-2H3. The molecule has 1 fully saturated rings. The molecular weight excluding hydrogens is 396 g/mol. The molecule has 0 unspecified atom stereocenters. The predicted molar refractivity (Wildman–Crippen MR) is 114 cm³/mol. The number of aromatic nitrogens is 2. The van der Waals surface area contributed by atoms with Gasteiger partial charge in [0.25, 0.3) is 5.91 Å². The van der Waals surface area contributed by atoms with E-state index in [1.54, 1.807) is 0 Å². The maximum Gasteiger partial charge on any atom is 0.262 e. The van der Waals surface area contributed by atoms with Crippen molar-refractivity contribution in [1.29, 1.82) is 0 Å². The van der Waals surface area contributed by atoms with Crippen molar-refractivity contribution in [2.24, 2.45) is 0 Å². The topological polar surface area (TPSA) is 84.8 Å². The van der Waals surface area contributed by atoms with Crippen LogP contribution in [0, 0.1) is 0 Å². The third-order valence-electron chi connectivity index (χ3n) is 5.76. The van der Waals surface area contributed by atoms with Gasteiger partial charge in [0.15, 0.2) is 17.5 Å². The molecule has 0 radical (unpaired) electrons. The van der Waals surface area contributed by atoms with Crippen LogP contribution in [0.4, 0.5) is 5.82 Å². The molecule has 5 rings (SSSR count). The highest BCUT2D eigenvalue weighted by atomic mass is 16.5. The van der Waals surface area contributed by atoms with Gasteiger partial charge in [-0.15, -0.1) is 0 Å². The molecule has 1 saturated heterocycles. The number of morpholine rings is 1. The van der Waals surface area contributed by atoms with Crippen molar-refractivity contribution >= 4 is 11.7 Å². The van der Waals surface area contributed by atoms with Crippen LogP contribution in [0.5, 0.6) is 0 Å². The number of anilines is 1.